The number of hydrogen-bond donors (Lipinski definition) is 2. The normalized spacial score (nSPS) is 19.4. The Morgan fingerprint density at radius 2 is 2.07 bits per heavy atom. The summed E-state index contributed by atoms with van der Waals surface area (Å²) in [5, 5.41) is 1.11. The highest BCUT2D eigenvalue weighted by atomic mass is 32.1. The number of likely N-dealkylation sites (tertiary alicyclic amines) is 1. The van der Waals surface area contributed by atoms with Gasteiger partial charge in [0.1, 0.15) is 12.6 Å². The number of aryl methyl sites for hydroxylation is 1. The Labute approximate surface area is 173 Å². The lowest BCUT2D eigenvalue weighted by Crippen LogP contribution is -3.13. The molecule has 0 aliphatic carbocycles. The summed E-state index contributed by atoms with van der Waals surface area (Å²) in [4.78, 5) is 34.4. The van der Waals surface area contributed by atoms with Crippen molar-refractivity contribution in [3.63, 3.8) is 0 Å². The Hall–Kier alpha value is -2.51. The molecule has 2 aromatic heterocycles. The lowest BCUT2D eigenvalue weighted by molar-refractivity contribution is -0.929. The van der Waals surface area contributed by atoms with Gasteiger partial charge in [-0.15, -0.1) is 11.3 Å². The highest BCUT2D eigenvalue weighted by molar-refractivity contribution is 7.18. The standard InChI is InChI=1S/C22H25N3O3S/c1-13-19(22(27)28-3)14(2)23-20(13)17(26)12-25-11-7-6-9-16(25)21-24-15-8-4-5-10-18(15)29-21/h4-5,8,10,16,23H,6-7,9,11-12H2,1-3H3/p+1/t16-/m1/s1. The number of esters is 1. The number of piperidine rings is 1. The third kappa shape index (κ3) is 3.72. The van der Waals surface area contributed by atoms with E-state index in [2.05, 4.69) is 11.1 Å². The van der Waals surface area contributed by atoms with Crippen LogP contribution >= 0.6 is 11.3 Å². The third-order valence-corrected chi connectivity index (χ3v) is 6.99. The number of methoxy groups -OCH3 is 1. The lowest BCUT2D eigenvalue weighted by atomic mass is 10.0. The first-order valence-corrected chi connectivity index (χ1v) is 10.8. The van der Waals surface area contributed by atoms with E-state index < -0.39 is 5.97 Å². The average molecular weight is 413 g/mol. The molecular formula is C22H26N3O3S+. The van der Waals surface area contributed by atoms with Crippen molar-refractivity contribution >= 4 is 33.3 Å². The number of H-pyrrole nitrogens is 1. The first-order chi connectivity index (χ1) is 14.0. The van der Waals surface area contributed by atoms with E-state index in [9.17, 15) is 9.59 Å². The van der Waals surface area contributed by atoms with Crippen LogP contribution in [0.2, 0.25) is 0 Å². The van der Waals surface area contributed by atoms with E-state index in [-0.39, 0.29) is 11.8 Å². The summed E-state index contributed by atoms with van der Waals surface area (Å²) in [6.07, 6.45) is 3.31. The number of thiazole rings is 1. The summed E-state index contributed by atoms with van der Waals surface area (Å²) in [5.74, 6) is -0.378. The number of hydrogen-bond acceptors (Lipinski definition) is 5. The van der Waals surface area contributed by atoms with Crippen molar-refractivity contribution in [3.8, 4) is 0 Å². The maximum Gasteiger partial charge on any atom is 0.339 e. The number of aromatic amines is 1. The Kier molecular flexibility index (Phi) is 5.52. The van der Waals surface area contributed by atoms with Gasteiger partial charge in [0.25, 0.3) is 0 Å². The van der Waals surface area contributed by atoms with Crippen molar-refractivity contribution in [2.24, 2.45) is 0 Å². The number of nitrogens with zero attached hydrogens (tertiary/aromatic N) is 1. The summed E-state index contributed by atoms with van der Waals surface area (Å²) in [5.41, 5.74) is 3.36. The summed E-state index contributed by atoms with van der Waals surface area (Å²) < 4.78 is 6.05. The van der Waals surface area contributed by atoms with E-state index in [0.29, 0.717) is 29.1 Å². The molecule has 0 spiro atoms. The van der Waals surface area contributed by atoms with Gasteiger partial charge in [0.05, 0.1) is 35.1 Å². The smallest absolute Gasteiger partial charge is 0.339 e. The average Bonchev–Trinajstić information content (AvgIpc) is 3.28. The molecular weight excluding hydrogens is 386 g/mol. The molecule has 0 radical (unpaired) electrons. The number of ketones is 1. The summed E-state index contributed by atoms with van der Waals surface area (Å²) in [7, 11) is 1.36. The molecule has 3 heterocycles. The Bertz CT molecular complexity index is 1040. The first kappa shape index (κ1) is 19.8. The van der Waals surface area contributed by atoms with Gasteiger partial charge >= 0.3 is 5.97 Å². The Morgan fingerprint density at radius 3 is 2.83 bits per heavy atom. The van der Waals surface area contributed by atoms with Crippen LogP contribution in [0, 0.1) is 13.8 Å². The maximum atomic E-state index is 13.1. The number of Topliss-reactive ketones (excluding diaryl/α,β-unsaturated/α-hetero) is 1. The predicted octanol–water partition coefficient (Wildman–Crippen LogP) is 3.02. The highest BCUT2D eigenvalue weighted by Gasteiger charge is 2.33. The van der Waals surface area contributed by atoms with E-state index >= 15 is 0 Å². The fourth-order valence-corrected chi connectivity index (χ4v) is 5.52. The van der Waals surface area contributed by atoms with Gasteiger partial charge in [-0.05, 0) is 44.4 Å². The van der Waals surface area contributed by atoms with Crippen molar-refractivity contribution in [3.05, 3.63) is 51.8 Å². The van der Waals surface area contributed by atoms with Crippen LogP contribution in [-0.4, -0.2) is 41.9 Å². The fourth-order valence-electron chi connectivity index (χ4n) is 4.36. The zero-order valence-electron chi connectivity index (χ0n) is 17.0. The molecule has 3 aromatic rings. The van der Waals surface area contributed by atoms with Crippen molar-refractivity contribution in [2.75, 3.05) is 20.2 Å². The molecule has 1 aromatic carbocycles. The van der Waals surface area contributed by atoms with Gasteiger partial charge in [-0.1, -0.05) is 12.1 Å². The molecule has 0 bridgehead atoms. The number of ether oxygens (including phenoxy) is 1. The van der Waals surface area contributed by atoms with E-state index in [4.69, 9.17) is 9.72 Å². The van der Waals surface area contributed by atoms with Gasteiger partial charge in [-0.3, -0.25) is 4.79 Å². The van der Waals surface area contributed by atoms with Crippen molar-refractivity contribution in [2.45, 2.75) is 39.2 Å². The number of quaternary nitrogens is 1. The molecule has 152 valence electrons. The first-order valence-electron chi connectivity index (χ1n) is 10.00. The molecule has 1 saturated heterocycles. The largest absolute Gasteiger partial charge is 0.465 e. The van der Waals surface area contributed by atoms with Crippen LogP contribution in [-0.2, 0) is 4.74 Å². The van der Waals surface area contributed by atoms with Gasteiger partial charge in [-0.2, -0.15) is 0 Å². The van der Waals surface area contributed by atoms with Crippen LogP contribution in [0.5, 0.6) is 0 Å². The molecule has 7 heteroatoms. The van der Waals surface area contributed by atoms with Crippen molar-refractivity contribution in [1.29, 1.82) is 0 Å². The second-order valence-electron chi connectivity index (χ2n) is 7.69. The molecule has 4 rings (SSSR count). The van der Waals surface area contributed by atoms with Crippen LogP contribution in [0.1, 0.15) is 62.4 Å². The molecule has 0 amide bonds. The number of fused-ring (bicyclic) bond motifs is 1. The second-order valence-corrected chi connectivity index (χ2v) is 8.76. The Morgan fingerprint density at radius 1 is 1.28 bits per heavy atom. The second kappa shape index (κ2) is 8.08. The molecule has 2 atom stereocenters. The zero-order valence-corrected chi connectivity index (χ0v) is 17.8. The minimum atomic E-state index is -0.409. The molecule has 6 nitrogen and oxygen atoms in total. The summed E-state index contributed by atoms with van der Waals surface area (Å²) >= 11 is 1.73. The quantitative estimate of drug-likeness (QED) is 0.499. The van der Waals surface area contributed by atoms with Crippen LogP contribution < -0.4 is 4.90 Å². The van der Waals surface area contributed by atoms with E-state index in [1.54, 1.807) is 25.2 Å². The van der Waals surface area contributed by atoms with Crippen molar-refractivity contribution in [1.82, 2.24) is 9.97 Å². The number of benzene rings is 1. The van der Waals surface area contributed by atoms with Gasteiger partial charge in [0.15, 0.2) is 5.01 Å². The number of aromatic nitrogens is 2. The topological polar surface area (TPSA) is 76.5 Å². The van der Waals surface area contributed by atoms with Gasteiger partial charge in [-0.25, -0.2) is 9.78 Å². The molecule has 29 heavy (non-hydrogen) atoms. The van der Waals surface area contributed by atoms with E-state index in [1.807, 2.05) is 18.2 Å². The molecule has 1 aliphatic rings. The minimum Gasteiger partial charge on any atom is -0.465 e. The Balaban J connectivity index is 1.58. The van der Waals surface area contributed by atoms with Crippen LogP contribution in [0.3, 0.4) is 0 Å². The van der Waals surface area contributed by atoms with Crippen LogP contribution in [0.25, 0.3) is 10.2 Å². The van der Waals surface area contributed by atoms with Gasteiger partial charge in [0.2, 0.25) is 5.78 Å². The predicted molar refractivity (Wildman–Crippen MR) is 113 cm³/mol. The molecule has 1 unspecified atom stereocenters. The van der Waals surface area contributed by atoms with Crippen molar-refractivity contribution < 1.29 is 19.2 Å². The molecule has 2 N–H and O–H groups in total. The zero-order chi connectivity index (χ0) is 20.5. The van der Waals surface area contributed by atoms with Gasteiger partial charge in [0, 0.05) is 12.1 Å². The monoisotopic (exact) mass is 412 g/mol. The number of para-hydroxylation sites is 1. The minimum absolute atomic E-state index is 0.0313. The van der Waals surface area contributed by atoms with Crippen LogP contribution in [0.4, 0.5) is 0 Å². The lowest BCUT2D eigenvalue weighted by Gasteiger charge is -2.30. The number of nitrogens with one attached hydrogen (secondary N) is 2. The van der Waals surface area contributed by atoms with Gasteiger partial charge < -0.3 is 14.6 Å². The molecule has 1 aliphatic heterocycles. The SMILES string of the molecule is COC(=O)c1c(C)[nH]c(C(=O)C[NH+]2CCCC[C@@H]2c2nc3ccccc3s2)c1C. The highest BCUT2D eigenvalue weighted by Crippen LogP contribution is 2.28. The van der Waals surface area contributed by atoms with E-state index in [1.165, 1.54) is 16.7 Å². The third-order valence-electron chi connectivity index (χ3n) is 5.84. The summed E-state index contributed by atoms with van der Waals surface area (Å²) in [6, 6.07) is 8.43. The number of rotatable bonds is 5. The number of carbonyl (C=O) groups excluding carboxylic acids is 2. The maximum absolute atomic E-state index is 13.1. The number of carbonyl (C=O) groups is 2. The molecule has 1 fully saturated rings. The molecule has 0 saturated carbocycles. The van der Waals surface area contributed by atoms with E-state index in [0.717, 1.165) is 36.3 Å². The fraction of sp³-hybridized carbons (Fsp3) is 0.409. The van der Waals surface area contributed by atoms with Crippen LogP contribution in [0.15, 0.2) is 24.3 Å². The summed E-state index contributed by atoms with van der Waals surface area (Å²) in [6.45, 7) is 4.95.